The van der Waals surface area contributed by atoms with Crippen LogP contribution in [0.15, 0.2) is 42.5 Å². The molecule has 0 fully saturated rings. The first kappa shape index (κ1) is 22.0. The molecule has 2 rings (SSSR count). The van der Waals surface area contributed by atoms with Crippen molar-refractivity contribution in [2.75, 3.05) is 17.7 Å². The lowest BCUT2D eigenvalue weighted by atomic mass is 10.1. The highest BCUT2D eigenvalue weighted by atomic mass is 35.5. The molecule has 0 bridgehead atoms. The van der Waals surface area contributed by atoms with E-state index in [2.05, 4.69) is 5.32 Å². The van der Waals surface area contributed by atoms with E-state index in [9.17, 15) is 17.6 Å². The van der Waals surface area contributed by atoms with Crippen molar-refractivity contribution >= 4 is 33.2 Å². The van der Waals surface area contributed by atoms with Gasteiger partial charge < -0.3 is 10.1 Å². The number of hydrogen-bond donors (Lipinski definition) is 1. The van der Waals surface area contributed by atoms with Gasteiger partial charge in [-0.15, -0.1) is 0 Å². The maximum absolute atomic E-state index is 13.1. The van der Waals surface area contributed by atoms with Gasteiger partial charge in [0.1, 0.15) is 17.6 Å². The standard InChI is InChI=1S/C19H22ClFN2O4S/c1-12(14-5-7-15(21)8-6-14)22-19(24)13(2)23(28(4,25)26)16-9-10-18(27-3)17(20)11-16/h5-13H,1-4H3,(H,22,24)/t12-,13+/m1/s1. The third kappa shape index (κ3) is 5.14. The Hall–Kier alpha value is -2.32. The zero-order valence-corrected chi connectivity index (χ0v) is 17.5. The molecule has 2 atom stereocenters. The van der Waals surface area contributed by atoms with Crippen LogP contribution < -0.4 is 14.4 Å². The van der Waals surface area contributed by atoms with E-state index in [1.807, 2.05) is 0 Å². The number of carbonyl (C=O) groups excluding carboxylic acids is 1. The Morgan fingerprint density at radius 2 is 1.79 bits per heavy atom. The van der Waals surface area contributed by atoms with Gasteiger partial charge >= 0.3 is 0 Å². The molecule has 0 spiro atoms. The summed E-state index contributed by atoms with van der Waals surface area (Å²) in [5.41, 5.74) is 0.936. The lowest BCUT2D eigenvalue weighted by Crippen LogP contribution is -2.48. The Morgan fingerprint density at radius 1 is 1.18 bits per heavy atom. The van der Waals surface area contributed by atoms with Crippen LogP contribution in [0.5, 0.6) is 5.75 Å². The Labute approximate surface area is 169 Å². The molecule has 152 valence electrons. The first-order valence-electron chi connectivity index (χ1n) is 8.43. The zero-order chi connectivity index (χ0) is 21.1. The number of methoxy groups -OCH3 is 1. The minimum atomic E-state index is -3.78. The lowest BCUT2D eigenvalue weighted by molar-refractivity contribution is -0.122. The maximum atomic E-state index is 13.1. The van der Waals surface area contributed by atoms with Crippen molar-refractivity contribution in [2.45, 2.75) is 25.9 Å². The number of hydrogen-bond acceptors (Lipinski definition) is 4. The molecule has 0 aromatic heterocycles. The summed E-state index contributed by atoms with van der Waals surface area (Å²) >= 11 is 6.11. The monoisotopic (exact) mass is 428 g/mol. The highest BCUT2D eigenvalue weighted by Gasteiger charge is 2.30. The number of nitrogens with one attached hydrogen (secondary N) is 1. The fourth-order valence-corrected chi connectivity index (χ4v) is 4.19. The van der Waals surface area contributed by atoms with Crippen LogP contribution in [0.1, 0.15) is 25.5 Å². The molecule has 0 heterocycles. The molecule has 0 radical (unpaired) electrons. The Kier molecular flexibility index (Phi) is 6.90. The average molecular weight is 429 g/mol. The number of rotatable bonds is 7. The number of benzene rings is 2. The number of carbonyl (C=O) groups is 1. The molecule has 9 heteroatoms. The maximum Gasteiger partial charge on any atom is 0.244 e. The van der Waals surface area contributed by atoms with Crippen molar-refractivity contribution in [3.8, 4) is 5.75 Å². The second-order valence-corrected chi connectivity index (χ2v) is 8.60. The number of sulfonamides is 1. The Morgan fingerprint density at radius 3 is 2.29 bits per heavy atom. The van der Waals surface area contributed by atoms with Crippen LogP contribution in [0.2, 0.25) is 5.02 Å². The zero-order valence-electron chi connectivity index (χ0n) is 15.9. The van der Waals surface area contributed by atoms with Crippen LogP contribution in [-0.2, 0) is 14.8 Å². The summed E-state index contributed by atoms with van der Waals surface area (Å²) in [6.07, 6.45) is 1.01. The topological polar surface area (TPSA) is 75.7 Å². The third-order valence-electron chi connectivity index (χ3n) is 4.21. The summed E-state index contributed by atoms with van der Waals surface area (Å²) in [6.45, 7) is 3.21. The molecule has 1 amide bonds. The molecular formula is C19H22ClFN2O4S. The van der Waals surface area contributed by atoms with Crippen LogP contribution in [0, 0.1) is 5.82 Å². The summed E-state index contributed by atoms with van der Waals surface area (Å²) in [5.74, 6) is -0.495. The van der Waals surface area contributed by atoms with Crippen molar-refractivity contribution in [3.05, 3.63) is 58.9 Å². The second-order valence-electron chi connectivity index (χ2n) is 6.34. The Balaban J connectivity index is 2.27. The van der Waals surface area contributed by atoms with Gasteiger partial charge in [0, 0.05) is 0 Å². The fraction of sp³-hybridized carbons (Fsp3) is 0.316. The van der Waals surface area contributed by atoms with E-state index in [0.29, 0.717) is 11.3 Å². The second kappa shape index (κ2) is 8.79. The fourth-order valence-electron chi connectivity index (χ4n) is 2.77. The van der Waals surface area contributed by atoms with Crippen LogP contribution in [-0.4, -0.2) is 33.7 Å². The quantitative estimate of drug-likeness (QED) is 0.732. The molecule has 0 aliphatic rings. The lowest BCUT2D eigenvalue weighted by Gasteiger charge is -2.29. The largest absolute Gasteiger partial charge is 0.495 e. The van der Waals surface area contributed by atoms with Crippen molar-refractivity contribution in [2.24, 2.45) is 0 Å². The van der Waals surface area contributed by atoms with Crippen LogP contribution >= 0.6 is 11.6 Å². The third-order valence-corrected chi connectivity index (χ3v) is 5.74. The molecule has 2 aromatic rings. The van der Waals surface area contributed by atoms with Crippen LogP contribution in [0.4, 0.5) is 10.1 Å². The van der Waals surface area contributed by atoms with E-state index >= 15 is 0 Å². The minimum absolute atomic E-state index is 0.223. The Bertz CT molecular complexity index is 951. The van der Waals surface area contributed by atoms with Crippen molar-refractivity contribution in [1.29, 1.82) is 0 Å². The smallest absolute Gasteiger partial charge is 0.244 e. The van der Waals surface area contributed by atoms with Gasteiger partial charge in [-0.05, 0) is 49.7 Å². The number of amides is 1. The van der Waals surface area contributed by atoms with Crippen molar-refractivity contribution < 1.29 is 22.3 Å². The molecule has 0 unspecified atom stereocenters. The van der Waals surface area contributed by atoms with Crippen LogP contribution in [0.3, 0.4) is 0 Å². The number of anilines is 1. The minimum Gasteiger partial charge on any atom is -0.495 e. The van der Waals surface area contributed by atoms with Gasteiger partial charge in [0.05, 0.1) is 30.1 Å². The number of halogens is 2. The molecule has 0 aliphatic heterocycles. The van der Waals surface area contributed by atoms with Gasteiger partial charge in [0.15, 0.2) is 0 Å². The molecule has 2 aromatic carbocycles. The predicted octanol–water partition coefficient (Wildman–Crippen LogP) is 3.52. The molecule has 0 saturated heterocycles. The van der Waals surface area contributed by atoms with Gasteiger partial charge in [0.2, 0.25) is 15.9 Å². The van der Waals surface area contributed by atoms with E-state index in [-0.39, 0.29) is 16.5 Å². The molecule has 0 aliphatic carbocycles. The average Bonchev–Trinajstić information content (AvgIpc) is 2.61. The van der Waals surface area contributed by atoms with Gasteiger partial charge in [0.25, 0.3) is 0 Å². The summed E-state index contributed by atoms with van der Waals surface area (Å²) < 4.78 is 43.9. The van der Waals surface area contributed by atoms with Crippen molar-refractivity contribution in [3.63, 3.8) is 0 Å². The summed E-state index contributed by atoms with van der Waals surface area (Å²) in [5, 5.41) is 2.97. The van der Waals surface area contributed by atoms with Crippen molar-refractivity contribution in [1.82, 2.24) is 5.32 Å². The SMILES string of the molecule is COc1ccc(N([C@@H](C)C(=O)N[C@H](C)c2ccc(F)cc2)S(C)(=O)=O)cc1Cl. The van der Waals surface area contributed by atoms with E-state index in [4.69, 9.17) is 16.3 Å². The molecule has 28 heavy (non-hydrogen) atoms. The molecule has 1 N–H and O–H groups in total. The number of ether oxygens (including phenoxy) is 1. The van der Waals surface area contributed by atoms with Gasteiger partial charge in [-0.2, -0.15) is 0 Å². The highest BCUT2D eigenvalue weighted by Crippen LogP contribution is 2.31. The summed E-state index contributed by atoms with van der Waals surface area (Å²) in [4.78, 5) is 12.7. The first-order valence-corrected chi connectivity index (χ1v) is 10.7. The van der Waals surface area contributed by atoms with Gasteiger partial charge in [-0.3, -0.25) is 9.10 Å². The molecular weight excluding hydrogens is 407 g/mol. The number of nitrogens with zero attached hydrogens (tertiary/aromatic N) is 1. The van der Waals surface area contributed by atoms with E-state index in [1.54, 1.807) is 19.1 Å². The highest BCUT2D eigenvalue weighted by molar-refractivity contribution is 7.92. The van der Waals surface area contributed by atoms with E-state index in [1.165, 1.54) is 44.4 Å². The normalized spacial score (nSPS) is 13.5. The van der Waals surface area contributed by atoms with E-state index in [0.717, 1.165) is 10.6 Å². The molecule has 6 nitrogen and oxygen atoms in total. The predicted molar refractivity (Wildman–Crippen MR) is 108 cm³/mol. The van der Waals surface area contributed by atoms with E-state index < -0.39 is 28.0 Å². The van der Waals surface area contributed by atoms with Gasteiger partial charge in [-0.25, -0.2) is 12.8 Å². The van der Waals surface area contributed by atoms with Crippen LogP contribution in [0.25, 0.3) is 0 Å². The molecule has 0 saturated carbocycles. The first-order chi connectivity index (χ1) is 13.0. The summed E-state index contributed by atoms with van der Waals surface area (Å²) in [6, 6.07) is 8.70. The summed E-state index contributed by atoms with van der Waals surface area (Å²) in [7, 11) is -2.33. The van der Waals surface area contributed by atoms with Gasteiger partial charge in [-0.1, -0.05) is 23.7 Å².